The molecule has 10 heteroatoms. The minimum Gasteiger partial charge on any atom is -0.490 e. The van der Waals surface area contributed by atoms with Crippen molar-refractivity contribution in [2.75, 3.05) is 17.7 Å². The third-order valence-corrected chi connectivity index (χ3v) is 4.40. The van der Waals surface area contributed by atoms with Crippen molar-refractivity contribution in [3.8, 4) is 5.75 Å². The molecule has 0 bridgehead atoms. The Bertz CT molecular complexity index is 1040. The lowest BCUT2D eigenvalue weighted by atomic mass is 10.1. The molecule has 3 aromatic rings. The van der Waals surface area contributed by atoms with Gasteiger partial charge in [-0.15, -0.1) is 11.3 Å². The molecule has 0 radical (unpaired) electrons. The summed E-state index contributed by atoms with van der Waals surface area (Å²) >= 11 is 1.26. The molecular weight excluding hydrogens is 384 g/mol. The number of methoxy groups -OCH3 is 1. The highest BCUT2D eigenvalue weighted by atomic mass is 32.1. The standard InChI is InChI=1S/C18H14N4O5S/c1-27-15-7-6-11(10-14(15)22(25)26)16(23)20-13-5-3-2-4-12(13)17(24)21-18-19-8-9-28-18/h2-10H,1H3,(H,20,23)(H,19,21,24). The van der Waals surface area contributed by atoms with Crippen LogP contribution < -0.4 is 15.4 Å². The lowest BCUT2D eigenvalue weighted by Crippen LogP contribution is -2.18. The van der Waals surface area contributed by atoms with E-state index in [-0.39, 0.29) is 28.3 Å². The van der Waals surface area contributed by atoms with Crippen LogP contribution in [-0.4, -0.2) is 28.8 Å². The topological polar surface area (TPSA) is 123 Å². The highest BCUT2D eigenvalue weighted by molar-refractivity contribution is 7.13. The number of hydrogen-bond donors (Lipinski definition) is 2. The molecule has 0 aliphatic carbocycles. The first-order valence-corrected chi connectivity index (χ1v) is 8.81. The lowest BCUT2D eigenvalue weighted by Gasteiger charge is -2.11. The lowest BCUT2D eigenvalue weighted by molar-refractivity contribution is -0.385. The molecule has 0 saturated carbocycles. The molecule has 1 heterocycles. The monoisotopic (exact) mass is 398 g/mol. The Balaban J connectivity index is 1.84. The number of nitrogens with one attached hydrogen (secondary N) is 2. The highest BCUT2D eigenvalue weighted by Crippen LogP contribution is 2.28. The Morgan fingerprint density at radius 2 is 1.93 bits per heavy atom. The maximum atomic E-state index is 12.6. The summed E-state index contributed by atoms with van der Waals surface area (Å²) in [6.45, 7) is 0. The SMILES string of the molecule is COc1ccc(C(=O)Nc2ccccc2C(=O)Nc2nccs2)cc1[N+](=O)[O-]. The fraction of sp³-hybridized carbons (Fsp3) is 0.0556. The van der Waals surface area contributed by atoms with Crippen molar-refractivity contribution in [1.29, 1.82) is 0 Å². The van der Waals surface area contributed by atoms with Crippen LogP contribution >= 0.6 is 11.3 Å². The smallest absolute Gasteiger partial charge is 0.311 e. The average Bonchev–Trinajstić information content (AvgIpc) is 3.20. The summed E-state index contributed by atoms with van der Waals surface area (Å²) in [7, 11) is 1.30. The molecule has 1 aromatic heterocycles. The molecule has 3 rings (SSSR count). The number of benzene rings is 2. The fourth-order valence-electron chi connectivity index (χ4n) is 2.41. The van der Waals surface area contributed by atoms with Gasteiger partial charge in [-0.3, -0.25) is 25.0 Å². The molecule has 0 fully saturated rings. The Morgan fingerprint density at radius 3 is 2.61 bits per heavy atom. The third-order valence-electron chi connectivity index (χ3n) is 3.71. The van der Waals surface area contributed by atoms with Gasteiger partial charge < -0.3 is 10.1 Å². The molecule has 0 aliphatic rings. The van der Waals surface area contributed by atoms with Crippen LogP contribution in [0.4, 0.5) is 16.5 Å². The Hall–Kier alpha value is -3.79. The summed E-state index contributed by atoms with van der Waals surface area (Å²) in [5.41, 5.74) is 0.224. The van der Waals surface area contributed by atoms with Crippen molar-refractivity contribution >= 4 is 39.7 Å². The predicted octanol–water partition coefficient (Wildman–Crippen LogP) is 3.56. The van der Waals surface area contributed by atoms with Crippen LogP contribution in [0.5, 0.6) is 5.75 Å². The molecule has 0 aliphatic heterocycles. The van der Waals surface area contributed by atoms with E-state index in [9.17, 15) is 19.7 Å². The van der Waals surface area contributed by atoms with E-state index in [0.717, 1.165) is 6.07 Å². The number of amides is 2. The fourth-order valence-corrected chi connectivity index (χ4v) is 2.93. The zero-order chi connectivity index (χ0) is 20.1. The average molecular weight is 398 g/mol. The minimum absolute atomic E-state index is 0.0461. The van der Waals surface area contributed by atoms with Crippen molar-refractivity contribution in [2.24, 2.45) is 0 Å². The van der Waals surface area contributed by atoms with E-state index in [4.69, 9.17) is 4.74 Å². The highest BCUT2D eigenvalue weighted by Gasteiger charge is 2.20. The summed E-state index contributed by atoms with van der Waals surface area (Å²) in [5.74, 6) is -0.989. The summed E-state index contributed by atoms with van der Waals surface area (Å²) in [6, 6.07) is 10.3. The Kier molecular flexibility index (Phi) is 5.61. The summed E-state index contributed by atoms with van der Waals surface area (Å²) in [4.78, 5) is 39.5. The van der Waals surface area contributed by atoms with Crippen LogP contribution in [0, 0.1) is 10.1 Å². The van der Waals surface area contributed by atoms with Crippen LogP contribution in [0.25, 0.3) is 0 Å². The zero-order valence-corrected chi connectivity index (χ0v) is 15.4. The number of anilines is 2. The van der Waals surface area contributed by atoms with Crippen LogP contribution in [0.2, 0.25) is 0 Å². The largest absolute Gasteiger partial charge is 0.490 e. The molecule has 0 atom stereocenters. The summed E-state index contributed by atoms with van der Waals surface area (Å²) in [6.07, 6.45) is 1.56. The van der Waals surface area contributed by atoms with Gasteiger partial charge in [0.05, 0.1) is 23.3 Å². The molecule has 9 nitrogen and oxygen atoms in total. The van der Waals surface area contributed by atoms with Crippen molar-refractivity contribution in [3.05, 3.63) is 75.3 Å². The van der Waals surface area contributed by atoms with Crippen LogP contribution in [-0.2, 0) is 0 Å². The first-order chi connectivity index (χ1) is 13.5. The maximum Gasteiger partial charge on any atom is 0.311 e. The van der Waals surface area contributed by atoms with Gasteiger partial charge in [-0.1, -0.05) is 12.1 Å². The summed E-state index contributed by atoms with van der Waals surface area (Å²) in [5, 5.41) is 18.5. The molecule has 2 amide bonds. The Morgan fingerprint density at radius 1 is 1.14 bits per heavy atom. The van der Waals surface area contributed by atoms with Gasteiger partial charge in [-0.25, -0.2) is 4.98 Å². The van der Waals surface area contributed by atoms with E-state index >= 15 is 0 Å². The van der Waals surface area contributed by atoms with Gasteiger partial charge in [-0.05, 0) is 24.3 Å². The molecule has 142 valence electrons. The second kappa shape index (κ2) is 8.27. The van der Waals surface area contributed by atoms with Gasteiger partial charge in [0.1, 0.15) is 0 Å². The number of hydrogen-bond acceptors (Lipinski definition) is 7. The maximum absolute atomic E-state index is 12.6. The first-order valence-electron chi connectivity index (χ1n) is 7.93. The van der Waals surface area contributed by atoms with Crippen molar-refractivity contribution in [2.45, 2.75) is 0 Å². The Labute approximate surface area is 163 Å². The van der Waals surface area contributed by atoms with Crippen molar-refractivity contribution in [3.63, 3.8) is 0 Å². The van der Waals surface area contributed by atoms with E-state index in [1.807, 2.05) is 0 Å². The third kappa shape index (κ3) is 4.13. The van der Waals surface area contributed by atoms with Gasteiger partial charge >= 0.3 is 5.69 Å². The van der Waals surface area contributed by atoms with E-state index in [0.29, 0.717) is 5.13 Å². The normalized spacial score (nSPS) is 10.2. The van der Waals surface area contributed by atoms with Crippen molar-refractivity contribution < 1.29 is 19.2 Å². The molecule has 0 spiro atoms. The van der Waals surface area contributed by atoms with E-state index in [1.54, 1.807) is 35.8 Å². The van der Waals surface area contributed by atoms with E-state index < -0.39 is 16.7 Å². The van der Waals surface area contributed by atoms with Gasteiger partial charge in [0.2, 0.25) is 0 Å². The number of nitrogens with zero attached hydrogens (tertiary/aromatic N) is 2. The molecule has 0 saturated heterocycles. The zero-order valence-electron chi connectivity index (χ0n) is 14.5. The van der Waals surface area contributed by atoms with Crippen LogP contribution in [0.15, 0.2) is 54.0 Å². The number of nitro groups is 1. The van der Waals surface area contributed by atoms with Gasteiger partial charge in [0.15, 0.2) is 10.9 Å². The van der Waals surface area contributed by atoms with Gasteiger partial charge in [0.25, 0.3) is 11.8 Å². The molecule has 28 heavy (non-hydrogen) atoms. The molecule has 0 unspecified atom stereocenters. The molecule has 2 N–H and O–H groups in total. The predicted molar refractivity (Wildman–Crippen MR) is 104 cm³/mol. The van der Waals surface area contributed by atoms with E-state index in [1.165, 1.54) is 30.6 Å². The second-order valence-electron chi connectivity index (χ2n) is 5.43. The van der Waals surface area contributed by atoms with Crippen LogP contribution in [0.3, 0.4) is 0 Å². The van der Waals surface area contributed by atoms with Gasteiger partial charge in [0, 0.05) is 23.2 Å². The number of carbonyl (C=O) groups excluding carboxylic acids is 2. The number of aromatic nitrogens is 1. The van der Waals surface area contributed by atoms with Crippen molar-refractivity contribution in [1.82, 2.24) is 4.98 Å². The number of carbonyl (C=O) groups is 2. The van der Waals surface area contributed by atoms with E-state index in [2.05, 4.69) is 15.6 Å². The second-order valence-corrected chi connectivity index (χ2v) is 6.33. The molecule has 2 aromatic carbocycles. The number of ether oxygens (including phenoxy) is 1. The van der Waals surface area contributed by atoms with Crippen LogP contribution in [0.1, 0.15) is 20.7 Å². The molecular formula is C18H14N4O5S. The quantitative estimate of drug-likeness (QED) is 0.483. The first kappa shape index (κ1) is 19.0. The number of thiazole rings is 1. The summed E-state index contributed by atoms with van der Waals surface area (Å²) < 4.78 is 4.93. The number of nitro benzene ring substituents is 1. The van der Waals surface area contributed by atoms with Gasteiger partial charge in [-0.2, -0.15) is 0 Å². The number of para-hydroxylation sites is 1. The minimum atomic E-state index is -0.634. The number of rotatable bonds is 6.